The number of nitrogens with zero attached hydrogens (tertiary/aromatic N) is 6. The van der Waals surface area contributed by atoms with Crippen LogP contribution in [0.5, 0.6) is 5.75 Å². The zero-order valence-electron chi connectivity index (χ0n) is 26.0. The minimum Gasteiger partial charge on any atom is -0.508 e. The van der Waals surface area contributed by atoms with Crippen LogP contribution in [0.2, 0.25) is 0 Å². The lowest BCUT2D eigenvalue weighted by molar-refractivity contribution is 0.182. The molecular weight excluding hydrogens is 572 g/mol. The second-order valence-electron chi connectivity index (χ2n) is 11.3. The fourth-order valence-corrected chi connectivity index (χ4v) is 6.21. The fourth-order valence-electron chi connectivity index (χ4n) is 6.21. The first-order valence-corrected chi connectivity index (χ1v) is 15.4. The van der Waals surface area contributed by atoms with Gasteiger partial charge in [0.25, 0.3) is 0 Å². The van der Waals surface area contributed by atoms with Gasteiger partial charge >= 0.3 is 0 Å². The topological polar surface area (TPSA) is 94.6 Å². The Morgan fingerprint density at radius 1 is 1.13 bits per heavy atom. The van der Waals surface area contributed by atoms with Gasteiger partial charge in [-0.05, 0) is 50.0 Å². The molecule has 8 nitrogen and oxygen atoms in total. The van der Waals surface area contributed by atoms with Gasteiger partial charge in [0.15, 0.2) is 0 Å². The van der Waals surface area contributed by atoms with Crippen molar-refractivity contribution in [3.63, 3.8) is 0 Å². The number of pyridine rings is 1. The Bertz CT molecular complexity index is 1790. The van der Waals surface area contributed by atoms with Gasteiger partial charge < -0.3 is 20.6 Å². The van der Waals surface area contributed by atoms with E-state index in [1.54, 1.807) is 6.20 Å². The number of terminal acetylenes is 2. The third kappa shape index (κ3) is 6.09. The predicted octanol–water partition coefficient (Wildman–Crippen LogP) is 5.24. The number of likely N-dealkylation sites (N-methyl/N-ethyl adjacent to an activating group) is 2. The zero-order chi connectivity index (χ0) is 32.2. The first-order chi connectivity index (χ1) is 21.8. The fraction of sp³-hybridized carbons (Fsp3) is 0.400. The molecule has 1 atom stereocenters. The highest BCUT2D eigenvalue weighted by Crippen LogP contribution is 2.40. The number of halogens is 2. The summed E-state index contributed by atoms with van der Waals surface area (Å²) in [5.41, 5.74) is 7.60. The highest BCUT2D eigenvalue weighted by atomic mass is 19.1. The number of benzene rings is 2. The molecule has 0 radical (unpaired) electrons. The lowest BCUT2D eigenvalue weighted by Crippen LogP contribution is -2.60. The molecule has 2 aromatic heterocycles. The van der Waals surface area contributed by atoms with Gasteiger partial charge in [0.1, 0.15) is 24.1 Å². The lowest BCUT2D eigenvalue weighted by atomic mass is 9.94. The molecular formula is C35H39F2N7O. The third-order valence-corrected chi connectivity index (χ3v) is 8.66. The normalized spacial score (nSPS) is 14.0. The number of alkyl halides is 1. The van der Waals surface area contributed by atoms with Gasteiger partial charge in [-0.2, -0.15) is 4.98 Å². The highest BCUT2D eigenvalue weighted by Gasteiger charge is 2.33. The zero-order valence-corrected chi connectivity index (χ0v) is 26.0. The number of aromatic nitrogens is 3. The molecule has 10 heteroatoms. The van der Waals surface area contributed by atoms with Crippen LogP contribution in [0.1, 0.15) is 44.7 Å². The van der Waals surface area contributed by atoms with Crippen molar-refractivity contribution >= 4 is 33.4 Å². The molecule has 0 spiro atoms. The number of aromatic hydroxyl groups is 1. The monoisotopic (exact) mass is 611 g/mol. The number of nitrogens with two attached hydrogens (primary N) is 1. The highest BCUT2D eigenvalue weighted by molar-refractivity contribution is 6.04. The summed E-state index contributed by atoms with van der Waals surface area (Å²) in [4.78, 5) is 21.2. The van der Waals surface area contributed by atoms with Gasteiger partial charge in [-0.1, -0.05) is 25.8 Å². The molecule has 0 aliphatic carbocycles. The molecule has 3 N–H and O–H groups in total. The molecule has 0 saturated carbocycles. The molecule has 1 aliphatic rings. The van der Waals surface area contributed by atoms with Gasteiger partial charge in [-0.3, -0.25) is 9.88 Å². The van der Waals surface area contributed by atoms with E-state index in [0.29, 0.717) is 71.0 Å². The number of phenols is 1. The molecule has 0 amide bonds. The maximum absolute atomic E-state index is 15.3. The van der Waals surface area contributed by atoms with Crippen LogP contribution in [0.3, 0.4) is 0 Å². The van der Waals surface area contributed by atoms with Gasteiger partial charge in [0.05, 0.1) is 22.2 Å². The molecule has 0 bridgehead atoms. The number of anilines is 2. The SMILES string of the molecule is C#CCCC(N)CN(CC)c1nc(N2CC(N(CC)CC)C2)nc2c(CF)c(-c3cc(O)cc4ccc(F)c(C#C)c34)ncc12. The summed E-state index contributed by atoms with van der Waals surface area (Å²) in [7, 11) is 0. The lowest BCUT2D eigenvalue weighted by Gasteiger charge is -2.45. The van der Waals surface area contributed by atoms with Crippen molar-refractivity contribution in [3.8, 4) is 41.7 Å². The number of hydrogen-bond donors (Lipinski definition) is 2. The number of phenolic OH excluding ortho intramolecular Hbond substituents is 1. The van der Waals surface area contributed by atoms with Crippen molar-refractivity contribution in [2.75, 3.05) is 49.1 Å². The third-order valence-electron chi connectivity index (χ3n) is 8.66. The summed E-state index contributed by atoms with van der Waals surface area (Å²) in [5.74, 6) is 5.49. The summed E-state index contributed by atoms with van der Waals surface area (Å²) >= 11 is 0. The van der Waals surface area contributed by atoms with E-state index in [4.69, 9.17) is 28.5 Å². The molecule has 1 saturated heterocycles. The van der Waals surface area contributed by atoms with E-state index >= 15 is 4.39 Å². The Morgan fingerprint density at radius 2 is 1.89 bits per heavy atom. The van der Waals surface area contributed by atoms with Gasteiger partial charge in [0, 0.05) is 67.4 Å². The minimum absolute atomic E-state index is 0.0133. The van der Waals surface area contributed by atoms with Gasteiger partial charge in [0.2, 0.25) is 5.95 Å². The molecule has 45 heavy (non-hydrogen) atoms. The number of hydrogen-bond acceptors (Lipinski definition) is 8. The maximum Gasteiger partial charge on any atom is 0.228 e. The van der Waals surface area contributed by atoms with Gasteiger partial charge in [-0.15, -0.1) is 18.8 Å². The Labute approximate surface area is 263 Å². The van der Waals surface area contributed by atoms with E-state index in [0.717, 1.165) is 26.2 Å². The van der Waals surface area contributed by atoms with Crippen molar-refractivity contribution in [2.24, 2.45) is 5.73 Å². The second kappa shape index (κ2) is 13.6. The van der Waals surface area contributed by atoms with E-state index in [2.05, 4.69) is 45.4 Å². The molecule has 4 aromatic rings. The smallest absolute Gasteiger partial charge is 0.228 e. The molecule has 1 unspecified atom stereocenters. The largest absolute Gasteiger partial charge is 0.508 e. The molecule has 1 fully saturated rings. The summed E-state index contributed by atoms with van der Waals surface area (Å²) in [6, 6.07) is 5.88. The van der Waals surface area contributed by atoms with Crippen LogP contribution in [0, 0.1) is 30.5 Å². The van der Waals surface area contributed by atoms with Crippen molar-refractivity contribution in [1.29, 1.82) is 0 Å². The van der Waals surface area contributed by atoms with Crippen LogP contribution < -0.4 is 15.5 Å². The van der Waals surface area contributed by atoms with Crippen LogP contribution in [-0.4, -0.2) is 76.3 Å². The van der Waals surface area contributed by atoms with Crippen molar-refractivity contribution in [2.45, 2.75) is 52.4 Å². The van der Waals surface area contributed by atoms with E-state index in [1.807, 2.05) is 6.92 Å². The predicted molar refractivity (Wildman–Crippen MR) is 177 cm³/mol. The number of rotatable bonds is 12. The van der Waals surface area contributed by atoms with Crippen LogP contribution in [0.15, 0.2) is 30.5 Å². The maximum atomic E-state index is 15.3. The Morgan fingerprint density at radius 3 is 2.53 bits per heavy atom. The quantitative estimate of drug-likeness (QED) is 0.210. The molecule has 2 aromatic carbocycles. The van der Waals surface area contributed by atoms with Gasteiger partial charge in [-0.25, -0.2) is 13.8 Å². The van der Waals surface area contributed by atoms with E-state index < -0.39 is 12.5 Å². The van der Waals surface area contributed by atoms with E-state index in [1.165, 1.54) is 24.3 Å². The van der Waals surface area contributed by atoms with E-state index in [-0.39, 0.29) is 28.6 Å². The summed E-state index contributed by atoms with van der Waals surface area (Å²) in [6.45, 7) is 9.82. The van der Waals surface area contributed by atoms with Crippen LogP contribution in [-0.2, 0) is 6.67 Å². The first kappa shape index (κ1) is 31.9. The first-order valence-electron chi connectivity index (χ1n) is 15.4. The minimum atomic E-state index is -0.913. The molecule has 3 heterocycles. The Kier molecular flexibility index (Phi) is 9.67. The Hall–Kier alpha value is -4.51. The number of fused-ring (bicyclic) bond motifs is 2. The summed E-state index contributed by atoms with van der Waals surface area (Å²) in [6.07, 6.45) is 14.0. The van der Waals surface area contributed by atoms with E-state index in [9.17, 15) is 9.50 Å². The van der Waals surface area contributed by atoms with Crippen molar-refractivity contribution in [3.05, 3.63) is 47.4 Å². The second-order valence-corrected chi connectivity index (χ2v) is 11.3. The standard InChI is InChI=1S/C35H39F2N7O/c1-6-11-12-23(38)19-43(10-5)34-29-18-39-32(27-16-25(45)15-22-13-14-30(37)26(7-2)31(22)27)28(17-36)33(29)40-35(41-34)44-20-24(21-44)42(8-3)9-4/h1-2,13-16,18,23-24,45H,8-12,17,19-21,38H2,3-5H3. The van der Waals surface area contributed by atoms with Crippen molar-refractivity contribution < 1.29 is 13.9 Å². The summed E-state index contributed by atoms with van der Waals surface area (Å²) in [5, 5.41) is 12.1. The van der Waals surface area contributed by atoms with Crippen LogP contribution in [0.25, 0.3) is 32.9 Å². The molecule has 234 valence electrons. The summed E-state index contributed by atoms with van der Waals surface area (Å²) < 4.78 is 30.2. The Balaban J connectivity index is 1.72. The average molecular weight is 612 g/mol. The van der Waals surface area contributed by atoms with Crippen LogP contribution in [0.4, 0.5) is 20.5 Å². The molecule has 1 aliphatic heterocycles. The average Bonchev–Trinajstić information content (AvgIpc) is 3.02. The van der Waals surface area contributed by atoms with Crippen molar-refractivity contribution in [1.82, 2.24) is 19.9 Å². The van der Waals surface area contributed by atoms with Crippen LogP contribution >= 0.6 is 0 Å². The molecule has 5 rings (SSSR count).